The number of hydrogen-bond acceptors (Lipinski definition) is 5. The number of amides is 1. The van der Waals surface area contributed by atoms with Gasteiger partial charge in [-0.05, 0) is 42.0 Å². The number of carbonyl (C=O) groups is 1. The van der Waals surface area contributed by atoms with Gasteiger partial charge in [0.25, 0.3) is 0 Å². The van der Waals surface area contributed by atoms with Crippen molar-refractivity contribution in [1.29, 1.82) is 0 Å². The van der Waals surface area contributed by atoms with Crippen LogP contribution in [0.15, 0.2) is 46.9 Å². The smallest absolute Gasteiger partial charge is 0.230 e. The van der Waals surface area contributed by atoms with Gasteiger partial charge < -0.3 is 5.32 Å². The third-order valence-corrected chi connectivity index (χ3v) is 6.07. The zero-order valence-electron chi connectivity index (χ0n) is 13.9. The molecule has 0 bridgehead atoms. The Labute approximate surface area is 164 Å². The molecule has 1 aromatic carbocycles. The molecule has 0 saturated heterocycles. The van der Waals surface area contributed by atoms with Gasteiger partial charge in [0, 0.05) is 17.6 Å². The standard InChI is InChI=1S/C18H17ClN4OS2/c19-13-4-1-3-12(9-13)10-20-16(24)11-26-18-22-21-17(15-5-2-8-25-15)23(18)14-6-7-14/h1-5,8-9,14H,6-7,10-11H2,(H,20,24). The van der Waals surface area contributed by atoms with Crippen LogP contribution in [0.3, 0.4) is 0 Å². The summed E-state index contributed by atoms with van der Waals surface area (Å²) in [5, 5.41) is 15.1. The Morgan fingerprint density at radius 2 is 2.19 bits per heavy atom. The normalized spacial score (nSPS) is 13.7. The molecular formula is C18H17ClN4OS2. The van der Waals surface area contributed by atoms with Gasteiger partial charge in [0.2, 0.25) is 5.91 Å². The molecule has 2 aromatic heterocycles. The summed E-state index contributed by atoms with van der Waals surface area (Å²) in [6, 6.07) is 12.0. The van der Waals surface area contributed by atoms with Crippen molar-refractivity contribution in [2.24, 2.45) is 0 Å². The second-order valence-corrected chi connectivity index (χ2v) is 8.41. The highest BCUT2D eigenvalue weighted by Gasteiger charge is 2.30. The average molecular weight is 405 g/mol. The maximum absolute atomic E-state index is 12.2. The van der Waals surface area contributed by atoms with Gasteiger partial charge in [0.05, 0.1) is 10.6 Å². The van der Waals surface area contributed by atoms with Crippen molar-refractivity contribution >= 4 is 40.6 Å². The summed E-state index contributed by atoms with van der Waals surface area (Å²) < 4.78 is 2.18. The van der Waals surface area contributed by atoms with Crippen LogP contribution in [-0.2, 0) is 11.3 Å². The summed E-state index contributed by atoms with van der Waals surface area (Å²) in [7, 11) is 0. The minimum Gasteiger partial charge on any atom is -0.351 e. The number of halogens is 1. The molecular weight excluding hydrogens is 388 g/mol. The molecule has 4 rings (SSSR count). The van der Waals surface area contributed by atoms with Crippen molar-refractivity contribution < 1.29 is 4.79 Å². The van der Waals surface area contributed by atoms with E-state index in [9.17, 15) is 4.79 Å². The molecule has 0 spiro atoms. The fraction of sp³-hybridized carbons (Fsp3) is 0.278. The minimum absolute atomic E-state index is 0.0296. The molecule has 1 saturated carbocycles. The molecule has 0 unspecified atom stereocenters. The summed E-state index contributed by atoms with van der Waals surface area (Å²) in [5.41, 5.74) is 0.983. The fourth-order valence-corrected chi connectivity index (χ4v) is 4.39. The molecule has 1 aliphatic carbocycles. The highest BCUT2D eigenvalue weighted by Crippen LogP contribution is 2.41. The van der Waals surface area contributed by atoms with Crippen molar-refractivity contribution in [2.75, 3.05) is 5.75 Å². The Bertz CT molecular complexity index is 906. The number of thioether (sulfide) groups is 1. The number of nitrogens with zero attached hydrogens (tertiary/aromatic N) is 3. The number of benzene rings is 1. The summed E-state index contributed by atoms with van der Waals surface area (Å²) in [4.78, 5) is 13.3. The molecule has 0 aliphatic heterocycles. The van der Waals surface area contributed by atoms with E-state index in [1.807, 2.05) is 35.7 Å². The van der Waals surface area contributed by atoms with E-state index in [1.165, 1.54) is 11.8 Å². The second-order valence-electron chi connectivity index (χ2n) is 6.08. The van der Waals surface area contributed by atoms with Gasteiger partial charge in [-0.25, -0.2) is 0 Å². The first-order chi connectivity index (χ1) is 12.7. The summed E-state index contributed by atoms with van der Waals surface area (Å²) >= 11 is 9.06. The SMILES string of the molecule is O=C(CSc1nnc(-c2cccs2)n1C1CC1)NCc1cccc(Cl)c1. The van der Waals surface area contributed by atoms with E-state index in [0.29, 0.717) is 23.4 Å². The zero-order chi connectivity index (χ0) is 17.9. The van der Waals surface area contributed by atoms with Crippen molar-refractivity contribution in [3.05, 3.63) is 52.4 Å². The van der Waals surface area contributed by atoms with Crippen molar-refractivity contribution in [3.8, 4) is 10.7 Å². The predicted octanol–water partition coefficient (Wildman–Crippen LogP) is 4.40. The van der Waals surface area contributed by atoms with Crippen LogP contribution in [0.25, 0.3) is 10.7 Å². The topological polar surface area (TPSA) is 59.8 Å². The molecule has 1 fully saturated rings. The lowest BCUT2D eigenvalue weighted by atomic mass is 10.2. The van der Waals surface area contributed by atoms with Crippen LogP contribution in [0.4, 0.5) is 0 Å². The zero-order valence-corrected chi connectivity index (χ0v) is 16.3. The van der Waals surface area contributed by atoms with Gasteiger partial charge in [-0.2, -0.15) is 0 Å². The first-order valence-corrected chi connectivity index (χ1v) is 10.6. The summed E-state index contributed by atoms with van der Waals surface area (Å²) in [5.74, 6) is 1.19. The molecule has 2 heterocycles. The van der Waals surface area contributed by atoms with Crippen LogP contribution in [-0.4, -0.2) is 26.4 Å². The Balaban J connectivity index is 1.38. The number of aromatic nitrogens is 3. The van der Waals surface area contributed by atoms with Crippen LogP contribution in [0.1, 0.15) is 24.4 Å². The van der Waals surface area contributed by atoms with Gasteiger partial charge in [0.15, 0.2) is 11.0 Å². The van der Waals surface area contributed by atoms with Crippen molar-refractivity contribution in [1.82, 2.24) is 20.1 Å². The van der Waals surface area contributed by atoms with Crippen LogP contribution >= 0.6 is 34.7 Å². The highest BCUT2D eigenvalue weighted by atomic mass is 35.5. The molecule has 1 aliphatic rings. The first kappa shape index (κ1) is 17.6. The summed E-state index contributed by atoms with van der Waals surface area (Å²) in [6.07, 6.45) is 2.29. The van der Waals surface area contributed by atoms with Gasteiger partial charge in [-0.1, -0.05) is 41.6 Å². The molecule has 1 N–H and O–H groups in total. The Morgan fingerprint density at radius 1 is 1.31 bits per heavy atom. The predicted molar refractivity (Wildman–Crippen MR) is 106 cm³/mol. The van der Waals surface area contributed by atoms with Crippen LogP contribution < -0.4 is 5.32 Å². The van der Waals surface area contributed by atoms with Gasteiger partial charge >= 0.3 is 0 Å². The van der Waals surface area contributed by atoms with Crippen LogP contribution in [0.5, 0.6) is 0 Å². The van der Waals surface area contributed by atoms with Crippen LogP contribution in [0.2, 0.25) is 5.02 Å². The maximum Gasteiger partial charge on any atom is 0.230 e. The summed E-state index contributed by atoms with van der Waals surface area (Å²) in [6.45, 7) is 0.468. The lowest BCUT2D eigenvalue weighted by Gasteiger charge is -2.08. The molecule has 0 atom stereocenters. The minimum atomic E-state index is -0.0296. The van der Waals surface area contributed by atoms with E-state index < -0.39 is 0 Å². The number of hydrogen-bond donors (Lipinski definition) is 1. The van der Waals surface area contributed by atoms with E-state index >= 15 is 0 Å². The first-order valence-electron chi connectivity index (χ1n) is 8.33. The quantitative estimate of drug-likeness (QED) is 0.593. The third kappa shape index (κ3) is 4.11. The number of thiophene rings is 1. The number of rotatable bonds is 7. The molecule has 0 radical (unpaired) electrons. The largest absolute Gasteiger partial charge is 0.351 e. The Morgan fingerprint density at radius 3 is 2.92 bits per heavy atom. The van der Waals surface area contributed by atoms with Crippen molar-refractivity contribution in [3.63, 3.8) is 0 Å². The molecule has 3 aromatic rings. The fourth-order valence-electron chi connectivity index (χ4n) is 2.64. The maximum atomic E-state index is 12.2. The van der Waals surface area contributed by atoms with E-state index in [-0.39, 0.29) is 5.91 Å². The average Bonchev–Trinajstić information content (AvgIpc) is 3.16. The van der Waals surface area contributed by atoms with Crippen molar-refractivity contribution in [2.45, 2.75) is 30.6 Å². The molecule has 26 heavy (non-hydrogen) atoms. The highest BCUT2D eigenvalue weighted by molar-refractivity contribution is 7.99. The monoisotopic (exact) mass is 404 g/mol. The lowest BCUT2D eigenvalue weighted by Crippen LogP contribution is -2.24. The van der Waals surface area contributed by atoms with Gasteiger partial charge in [-0.3, -0.25) is 9.36 Å². The Hall–Kier alpha value is -1.83. The molecule has 134 valence electrons. The van der Waals surface area contributed by atoms with E-state index in [1.54, 1.807) is 11.3 Å². The number of nitrogens with one attached hydrogen (secondary N) is 1. The number of carbonyl (C=O) groups excluding carboxylic acids is 1. The van der Waals surface area contributed by atoms with E-state index in [0.717, 1.165) is 34.3 Å². The third-order valence-electron chi connectivity index (χ3n) is 4.03. The van der Waals surface area contributed by atoms with Gasteiger partial charge in [0.1, 0.15) is 0 Å². The Kier molecular flexibility index (Phi) is 5.28. The lowest BCUT2D eigenvalue weighted by molar-refractivity contribution is -0.118. The van der Waals surface area contributed by atoms with E-state index in [2.05, 4.69) is 26.1 Å². The van der Waals surface area contributed by atoms with Crippen LogP contribution in [0, 0.1) is 0 Å². The second kappa shape index (κ2) is 7.82. The molecule has 8 heteroatoms. The van der Waals surface area contributed by atoms with E-state index in [4.69, 9.17) is 11.6 Å². The molecule has 5 nitrogen and oxygen atoms in total. The molecule has 1 amide bonds. The van der Waals surface area contributed by atoms with Gasteiger partial charge in [-0.15, -0.1) is 21.5 Å².